The lowest BCUT2D eigenvalue weighted by Gasteiger charge is -2.15. The van der Waals surface area contributed by atoms with Crippen LogP contribution in [0.15, 0.2) is 47.4 Å². The molecule has 0 radical (unpaired) electrons. The molecule has 0 saturated heterocycles. The number of hydrogen-bond donors (Lipinski definition) is 2. The van der Waals surface area contributed by atoms with Gasteiger partial charge < -0.3 is 5.32 Å². The maximum atomic E-state index is 12.9. The Balaban J connectivity index is 1.66. The van der Waals surface area contributed by atoms with Gasteiger partial charge in [-0.15, -0.1) is 0 Å². The number of hydrogen-bond acceptors (Lipinski definition) is 5. The van der Waals surface area contributed by atoms with Crippen molar-refractivity contribution in [3.8, 4) is 0 Å². The maximum Gasteiger partial charge on any atom is 0.416 e. The molecule has 0 atom stereocenters. The first-order valence-corrected chi connectivity index (χ1v) is 11.0. The SMILES string of the molecule is O=S(=O)(NCCCNc1nsc2ccccc12)c1cc(C(F)(F)F)cc(C(F)(F)F)c1. The molecule has 0 saturated carbocycles. The molecule has 1 aromatic heterocycles. The van der Waals surface area contributed by atoms with Gasteiger partial charge in [-0.3, -0.25) is 0 Å². The highest BCUT2D eigenvalue weighted by Gasteiger charge is 2.38. The lowest BCUT2D eigenvalue weighted by molar-refractivity contribution is -0.143. The van der Waals surface area contributed by atoms with Crippen LogP contribution in [0.4, 0.5) is 32.2 Å². The molecule has 1 heterocycles. The molecule has 0 aliphatic heterocycles. The molecule has 3 rings (SSSR count). The largest absolute Gasteiger partial charge is 0.416 e. The number of nitrogens with zero attached hydrogens (tertiary/aromatic N) is 1. The lowest BCUT2D eigenvalue weighted by Crippen LogP contribution is -2.27. The Kier molecular flexibility index (Phi) is 6.48. The van der Waals surface area contributed by atoms with E-state index in [2.05, 4.69) is 9.69 Å². The van der Waals surface area contributed by atoms with Crippen LogP contribution in [0.5, 0.6) is 0 Å². The van der Waals surface area contributed by atoms with Gasteiger partial charge in [0.2, 0.25) is 10.0 Å². The molecule has 0 aliphatic carbocycles. The standard InChI is InChI=1S/C18H15F6N3O2S2/c19-17(20,21)11-8-12(18(22,23)24)10-13(9-11)31(28,29)26-7-3-6-25-16-14-4-1-2-5-15(14)30-27-16/h1-2,4-5,8-10,26H,3,6-7H2,(H,25,27). The van der Waals surface area contributed by atoms with Crippen LogP contribution in [0, 0.1) is 0 Å². The summed E-state index contributed by atoms with van der Waals surface area (Å²) in [6.45, 7) is 0.0850. The molecule has 5 nitrogen and oxygen atoms in total. The minimum atomic E-state index is -5.13. The summed E-state index contributed by atoms with van der Waals surface area (Å²) < 4.78 is 109. The van der Waals surface area contributed by atoms with E-state index in [4.69, 9.17) is 0 Å². The van der Waals surface area contributed by atoms with Crippen molar-refractivity contribution >= 4 is 37.5 Å². The van der Waals surface area contributed by atoms with E-state index in [0.717, 1.165) is 10.1 Å². The number of aromatic nitrogens is 1. The molecule has 31 heavy (non-hydrogen) atoms. The molecule has 13 heteroatoms. The fourth-order valence-electron chi connectivity index (χ4n) is 2.68. The predicted octanol–water partition coefficient (Wildman–Crippen LogP) is 5.11. The van der Waals surface area contributed by atoms with Crippen LogP contribution in [-0.2, 0) is 22.4 Å². The summed E-state index contributed by atoms with van der Waals surface area (Å²) in [7, 11) is -4.59. The average molecular weight is 483 g/mol. The molecular weight excluding hydrogens is 468 g/mol. The number of benzene rings is 2. The zero-order valence-corrected chi connectivity index (χ0v) is 17.1. The van der Waals surface area contributed by atoms with Crippen LogP contribution in [-0.4, -0.2) is 25.9 Å². The van der Waals surface area contributed by atoms with E-state index in [1.807, 2.05) is 29.0 Å². The number of fused-ring (bicyclic) bond motifs is 1. The molecular formula is C18H15F6N3O2S2. The first kappa shape index (κ1) is 23.3. The van der Waals surface area contributed by atoms with Crippen molar-refractivity contribution in [1.29, 1.82) is 0 Å². The quantitative estimate of drug-likeness (QED) is 0.362. The fourth-order valence-corrected chi connectivity index (χ4v) is 4.58. The minimum Gasteiger partial charge on any atom is -0.369 e. The van der Waals surface area contributed by atoms with Gasteiger partial charge in [-0.05, 0) is 48.3 Å². The van der Waals surface area contributed by atoms with Gasteiger partial charge in [0.05, 0.1) is 20.7 Å². The smallest absolute Gasteiger partial charge is 0.369 e. The Labute approximate surface area is 177 Å². The summed E-state index contributed by atoms with van der Waals surface area (Å²) in [4.78, 5) is -1.10. The van der Waals surface area contributed by atoms with Crippen LogP contribution in [0.1, 0.15) is 17.5 Å². The Morgan fingerprint density at radius 3 is 2.13 bits per heavy atom. The highest BCUT2D eigenvalue weighted by atomic mass is 32.2. The molecule has 0 aliphatic rings. The van der Waals surface area contributed by atoms with E-state index in [0.29, 0.717) is 5.82 Å². The third kappa shape index (κ3) is 5.66. The molecule has 0 spiro atoms. The first-order valence-electron chi connectivity index (χ1n) is 8.75. The molecule has 0 amide bonds. The van der Waals surface area contributed by atoms with Gasteiger partial charge in [0, 0.05) is 18.5 Å². The summed E-state index contributed by atoms with van der Waals surface area (Å²) in [6.07, 6.45) is -10.0. The van der Waals surface area contributed by atoms with Gasteiger partial charge in [0.25, 0.3) is 0 Å². The normalized spacial score (nSPS) is 13.0. The van der Waals surface area contributed by atoms with Crippen molar-refractivity contribution in [2.45, 2.75) is 23.7 Å². The Hall–Kier alpha value is -2.38. The van der Waals surface area contributed by atoms with Crippen molar-refractivity contribution in [3.05, 3.63) is 53.6 Å². The minimum absolute atomic E-state index is 0.124. The Bertz CT molecular complexity index is 1140. The first-order chi connectivity index (χ1) is 14.4. The van der Waals surface area contributed by atoms with Gasteiger partial charge in [-0.1, -0.05) is 12.1 Å². The van der Waals surface area contributed by atoms with Crippen molar-refractivity contribution in [1.82, 2.24) is 9.10 Å². The monoisotopic (exact) mass is 483 g/mol. The number of rotatable bonds is 7. The van der Waals surface area contributed by atoms with E-state index in [1.54, 1.807) is 0 Å². The third-order valence-corrected chi connectivity index (χ3v) is 6.45. The second-order valence-electron chi connectivity index (χ2n) is 6.45. The molecule has 168 valence electrons. The van der Waals surface area contributed by atoms with Gasteiger partial charge in [-0.25, -0.2) is 13.1 Å². The van der Waals surface area contributed by atoms with Crippen molar-refractivity contribution in [3.63, 3.8) is 0 Å². The third-order valence-electron chi connectivity index (χ3n) is 4.19. The number of alkyl halides is 6. The van der Waals surface area contributed by atoms with E-state index in [9.17, 15) is 34.8 Å². The summed E-state index contributed by atoms with van der Waals surface area (Å²) in [6, 6.07) is 7.67. The highest BCUT2D eigenvalue weighted by molar-refractivity contribution is 7.89. The van der Waals surface area contributed by atoms with Crippen molar-refractivity contribution in [2.24, 2.45) is 0 Å². The van der Waals surface area contributed by atoms with Gasteiger partial charge in [0.1, 0.15) is 5.82 Å². The van der Waals surface area contributed by atoms with Crippen LogP contribution < -0.4 is 10.0 Å². The molecule has 2 N–H and O–H groups in total. The average Bonchev–Trinajstić information content (AvgIpc) is 3.09. The van der Waals surface area contributed by atoms with Crippen LogP contribution >= 0.6 is 11.5 Å². The summed E-state index contributed by atoms with van der Waals surface area (Å²) >= 11 is 1.28. The molecule has 0 bridgehead atoms. The molecule has 0 fully saturated rings. The number of nitrogens with one attached hydrogen (secondary N) is 2. The lowest BCUT2D eigenvalue weighted by atomic mass is 10.1. The van der Waals surface area contributed by atoms with Crippen molar-refractivity contribution < 1.29 is 34.8 Å². The molecule has 3 aromatic rings. The summed E-state index contributed by atoms with van der Waals surface area (Å²) in [5.74, 6) is 0.608. The van der Waals surface area contributed by atoms with E-state index < -0.39 is 38.4 Å². The highest BCUT2D eigenvalue weighted by Crippen LogP contribution is 2.37. The number of sulfonamides is 1. The fraction of sp³-hybridized carbons (Fsp3) is 0.278. The summed E-state index contributed by atoms with van der Waals surface area (Å²) in [5, 5.41) is 3.90. The van der Waals surface area contributed by atoms with Crippen LogP contribution in [0.2, 0.25) is 0 Å². The van der Waals surface area contributed by atoms with Gasteiger partial charge >= 0.3 is 12.4 Å². The van der Waals surface area contributed by atoms with E-state index in [1.165, 1.54) is 11.5 Å². The Morgan fingerprint density at radius 2 is 1.52 bits per heavy atom. The predicted molar refractivity (Wildman–Crippen MR) is 104 cm³/mol. The van der Waals surface area contributed by atoms with E-state index in [-0.39, 0.29) is 37.7 Å². The number of anilines is 1. The Morgan fingerprint density at radius 1 is 0.903 bits per heavy atom. The molecule has 2 aromatic carbocycles. The van der Waals surface area contributed by atoms with Crippen LogP contribution in [0.3, 0.4) is 0 Å². The van der Waals surface area contributed by atoms with Gasteiger partial charge in [-0.2, -0.15) is 30.7 Å². The zero-order valence-electron chi connectivity index (χ0n) is 15.5. The zero-order chi connectivity index (χ0) is 22.9. The van der Waals surface area contributed by atoms with Gasteiger partial charge in [0.15, 0.2) is 0 Å². The topological polar surface area (TPSA) is 71.1 Å². The summed E-state index contributed by atoms with van der Waals surface area (Å²) in [5.41, 5.74) is -3.39. The molecule has 0 unspecified atom stereocenters. The number of halogens is 6. The van der Waals surface area contributed by atoms with Crippen LogP contribution in [0.25, 0.3) is 10.1 Å². The second-order valence-corrected chi connectivity index (χ2v) is 9.02. The van der Waals surface area contributed by atoms with E-state index >= 15 is 0 Å². The van der Waals surface area contributed by atoms with Crippen molar-refractivity contribution in [2.75, 3.05) is 18.4 Å². The second kappa shape index (κ2) is 8.63. The maximum absolute atomic E-state index is 12.9.